The summed E-state index contributed by atoms with van der Waals surface area (Å²) in [5.74, 6) is 0.268. The Bertz CT molecular complexity index is 201. The lowest BCUT2D eigenvalue weighted by Crippen LogP contribution is -2.37. The van der Waals surface area contributed by atoms with Gasteiger partial charge in [-0.25, -0.2) is 0 Å². The average molecular weight is 228 g/mol. The Morgan fingerprint density at radius 1 is 1.31 bits per heavy atom. The zero-order valence-corrected chi connectivity index (χ0v) is 10.2. The second kappa shape index (κ2) is 7.63. The highest BCUT2D eigenvalue weighted by Gasteiger charge is 2.15. The molecule has 16 heavy (non-hydrogen) atoms. The number of aliphatic hydroxyl groups excluding tert-OH is 1. The van der Waals surface area contributed by atoms with Crippen molar-refractivity contribution in [3.8, 4) is 0 Å². The van der Waals surface area contributed by atoms with E-state index in [-0.39, 0.29) is 12.0 Å². The molecular weight excluding hydrogens is 204 g/mol. The molecule has 1 atom stereocenters. The summed E-state index contributed by atoms with van der Waals surface area (Å²) in [6.45, 7) is 5.16. The van der Waals surface area contributed by atoms with E-state index in [1.165, 1.54) is 6.42 Å². The molecule has 4 heteroatoms. The van der Waals surface area contributed by atoms with Crippen LogP contribution in [0.3, 0.4) is 0 Å². The summed E-state index contributed by atoms with van der Waals surface area (Å²) in [5.41, 5.74) is 0. The Kier molecular flexibility index (Phi) is 6.42. The molecule has 2 N–H and O–H groups in total. The third-order valence-electron chi connectivity index (χ3n) is 2.96. The van der Waals surface area contributed by atoms with Crippen molar-refractivity contribution < 1.29 is 9.90 Å². The number of nitrogens with zero attached hydrogens (tertiary/aromatic N) is 1. The first-order valence-electron chi connectivity index (χ1n) is 6.36. The predicted molar refractivity (Wildman–Crippen MR) is 64.2 cm³/mol. The second-order valence-electron chi connectivity index (χ2n) is 4.58. The van der Waals surface area contributed by atoms with Gasteiger partial charge >= 0.3 is 0 Å². The number of rotatable bonds is 6. The first-order valence-corrected chi connectivity index (χ1v) is 6.36. The zero-order valence-electron chi connectivity index (χ0n) is 10.2. The minimum atomic E-state index is -0.259. The number of amides is 1. The summed E-state index contributed by atoms with van der Waals surface area (Å²) in [7, 11) is 0. The molecule has 94 valence electrons. The second-order valence-corrected chi connectivity index (χ2v) is 4.58. The van der Waals surface area contributed by atoms with E-state index in [0.29, 0.717) is 6.42 Å². The summed E-state index contributed by atoms with van der Waals surface area (Å²) >= 11 is 0. The van der Waals surface area contributed by atoms with Crippen molar-refractivity contribution in [1.29, 1.82) is 0 Å². The Morgan fingerprint density at radius 3 is 2.62 bits per heavy atom. The smallest absolute Gasteiger partial charge is 0.223 e. The summed E-state index contributed by atoms with van der Waals surface area (Å²) < 4.78 is 0. The van der Waals surface area contributed by atoms with Gasteiger partial charge < -0.3 is 15.3 Å². The van der Waals surface area contributed by atoms with Gasteiger partial charge in [0.1, 0.15) is 0 Å². The molecule has 1 aliphatic heterocycles. The molecule has 1 saturated heterocycles. The quantitative estimate of drug-likeness (QED) is 0.660. The lowest BCUT2D eigenvalue weighted by Gasteiger charge is -2.26. The van der Waals surface area contributed by atoms with Crippen molar-refractivity contribution >= 4 is 5.91 Å². The Hall–Kier alpha value is -0.610. The number of carbonyl (C=O) groups excluding carboxylic acids is 1. The number of likely N-dealkylation sites (tertiary alicyclic amines) is 1. The third kappa shape index (κ3) is 5.47. The Morgan fingerprint density at radius 2 is 2.00 bits per heavy atom. The third-order valence-corrected chi connectivity index (χ3v) is 2.96. The Labute approximate surface area is 98.0 Å². The highest BCUT2D eigenvalue weighted by molar-refractivity contribution is 5.76. The fourth-order valence-electron chi connectivity index (χ4n) is 1.93. The van der Waals surface area contributed by atoms with Gasteiger partial charge in [0.25, 0.3) is 0 Å². The Balaban J connectivity index is 2.01. The maximum Gasteiger partial charge on any atom is 0.223 e. The van der Waals surface area contributed by atoms with Crippen LogP contribution in [0.2, 0.25) is 0 Å². The lowest BCUT2D eigenvalue weighted by atomic mass is 10.1. The standard InChI is InChI=1S/C12H24N2O2/c1-11(15)5-7-13-8-6-12(16)14-9-3-2-4-10-14/h11,13,15H,2-10H2,1H3. The SMILES string of the molecule is CC(O)CCNCCC(=O)N1CCCCC1. The van der Waals surface area contributed by atoms with Gasteiger partial charge in [0, 0.05) is 26.1 Å². The van der Waals surface area contributed by atoms with Crippen molar-refractivity contribution in [2.75, 3.05) is 26.2 Å². The molecule has 1 amide bonds. The highest BCUT2D eigenvalue weighted by Crippen LogP contribution is 2.09. The minimum Gasteiger partial charge on any atom is -0.393 e. The summed E-state index contributed by atoms with van der Waals surface area (Å²) in [6, 6.07) is 0. The van der Waals surface area contributed by atoms with E-state index in [1.807, 2.05) is 4.90 Å². The van der Waals surface area contributed by atoms with Crippen molar-refractivity contribution in [3.63, 3.8) is 0 Å². The van der Waals surface area contributed by atoms with Gasteiger partial charge in [-0.3, -0.25) is 4.79 Å². The van der Waals surface area contributed by atoms with Gasteiger partial charge in [0.2, 0.25) is 5.91 Å². The monoisotopic (exact) mass is 228 g/mol. The topological polar surface area (TPSA) is 52.6 Å². The van der Waals surface area contributed by atoms with Gasteiger partial charge in [-0.1, -0.05) is 0 Å². The van der Waals surface area contributed by atoms with Crippen LogP contribution >= 0.6 is 0 Å². The van der Waals surface area contributed by atoms with Crippen LogP contribution in [0.25, 0.3) is 0 Å². The van der Waals surface area contributed by atoms with Crippen molar-refractivity contribution in [2.45, 2.75) is 45.1 Å². The van der Waals surface area contributed by atoms with E-state index < -0.39 is 0 Å². The number of piperidine rings is 1. The van der Waals surface area contributed by atoms with E-state index in [1.54, 1.807) is 6.92 Å². The predicted octanol–water partition coefficient (Wildman–Crippen LogP) is 0.749. The van der Waals surface area contributed by atoms with E-state index in [9.17, 15) is 4.79 Å². The van der Waals surface area contributed by atoms with Crippen LogP contribution in [0.4, 0.5) is 0 Å². The van der Waals surface area contributed by atoms with Crippen LogP contribution in [-0.4, -0.2) is 48.2 Å². The number of carbonyl (C=O) groups is 1. The average Bonchev–Trinajstić information content (AvgIpc) is 2.29. The van der Waals surface area contributed by atoms with Crippen molar-refractivity contribution in [3.05, 3.63) is 0 Å². The molecule has 1 rings (SSSR count). The van der Waals surface area contributed by atoms with Gasteiger partial charge in [-0.2, -0.15) is 0 Å². The maximum atomic E-state index is 11.7. The molecule has 1 fully saturated rings. The molecule has 0 radical (unpaired) electrons. The molecule has 0 spiro atoms. The maximum absolute atomic E-state index is 11.7. The first-order chi connectivity index (χ1) is 7.70. The number of hydrogen-bond acceptors (Lipinski definition) is 3. The fraction of sp³-hybridized carbons (Fsp3) is 0.917. The van der Waals surface area contributed by atoms with Crippen molar-refractivity contribution in [2.24, 2.45) is 0 Å². The van der Waals surface area contributed by atoms with Crippen LogP contribution in [0.5, 0.6) is 0 Å². The van der Waals surface area contributed by atoms with Crippen LogP contribution in [0.1, 0.15) is 39.0 Å². The number of aliphatic hydroxyl groups is 1. The van der Waals surface area contributed by atoms with E-state index in [4.69, 9.17) is 5.11 Å². The van der Waals surface area contributed by atoms with Crippen LogP contribution in [0.15, 0.2) is 0 Å². The van der Waals surface area contributed by atoms with Crippen LogP contribution < -0.4 is 5.32 Å². The molecule has 0 saturated carbocycles. The summed E-state index contributed by atoms with van der Waals surface area (Å²) in [5, 5.41) is 12.2. The minimum absolute atomic E-state index is 0.259. The molecule has 0 aliphatic carbocycles. The largest absolute Gasteiger partial charge is 0.393 e. The van der Waals surface area contributed by atoms with Gasteiger partial charge in [-0.05, 0) is 39.2 Å². The summed E-state index contributed by atoms with van der Waals surface area (Å²) in [4.78, 5) is 13.7. The van der Waals surface area contributed by atoms with E-state index >= 15 is 0 Å². The molecule has 0 aromatic carbocycles. The molecular formula is C12H24N2O2. The highest BCUT2D eigenvalue weighted by atomic mass is 16.3. The van der Waals surface area contributed by atoms with Crippen molar-refractivity contribution in [1.82, 2.24) is 10.2 Å². The number of nitrogens with one attached hydrogen (secondary N) is 1. The molecule has 0 aromatic rings. The summed E-state index contributed by atoms with van der Waals surface area (Å²) in [6.07, 6.45) is 4.64. The normalized spacial score (nSPS) is 18.5. The van der Waals surface area contributed by atoms with Gasteiger partial charge in [0.05, 0.1) is 6.10 Å². The van der Waals surface area contributed by atoms with E-state index in [2.05, 4.69) is 5.32 Å². The zero-order chi connectivity index (χ0) is 11.8. The first kappa shape index (κ1) is 13.5. The molecule has 1 heterocycles. The van der Waals surface area contributed by atoms with Crippen LogP contribution in [-0.2, 0) is 4.79 Å². The van der Waals surface area contributed by atoms with Gasteiger partial charge in [0.15, 0.2) is 0 Å². The van der Waals surface area contributed by atoms with Crippen LogP contribution in [0, 0.1) is 0 Å². The molecule has 0 aromatic heterocycles. The van der Waals surface area contributed by atoms with E-state index in [0.717, 1.165) is 45.4 Å². The number of hydrogen-bond donors (Lipinski definition) is 2. The molecule has 4 nitrogen and oxygen atoms in total. The van der Waals surface area contributed by atoms with Gasteiger partial charge in [-0.15, -0.1) is 0 Å². The molecule has 1 aliphatic rings. The molecule has 0 bridgehead atoms. The molecule has 1 unspecified atom stereocenters. The lowest BCUT2D eigenvalue weighted by molar-refractivity contribution is -0.131. The fourth-order valence-corrected chi connectivity index (χ4v) is 1.93.